The van der Waals surface area contributed by atoms with Crippen molar-refractivity contribution in [2.24, 2.45) is 0 Å². The van der Waals surface area contributed by atoms with Gasteiger partial charge < -0.3 is 19.9 Å². The number of hydrogen-bond donors (Lipinski definition) is 2. The Morgan fingerprint density at radius 2 is 1.88 bits per heavy atom. The van der Waals surface area contributed by atoms with Gasteiger partial charge in [-0.15, -0.1) is 0 Å². The van der Waals surface area contributed by atoms with Crippen LogP contribution in [-0.4, -0.2) is 36.2 Å². The van der Waals surface area contributed by atoms with Crippen molar-refractivity contribution < 1.29 is 9.53 Å². The number of nitrogens with zero attached hydrogens (tertiary/aromatic N) is 1. The van der Waals surface area contributed by atoms with Gasteiger partial charge >= 0.3 is 0 Å². The molecule has 24 heavy (non-hydrogen) atoms. The smallest absolute Gasteiger partial charge is 0.258 e. The number of anilines is 2. The molecular weight excluding hydrogens is 322 g/mol. The highest BCUT2D eigenvalue weighted by molar-refractivity contribution is 7.71. The molecule has 0 saturated carbocycles. The molecule has 5 nitrogen and oxygen atoms in total. The van der Waals surface area contributed by atoms with Gasteiger partial charge in [-0.3, -0.25) is 4.79 Å². The molecule has 126 valence electrons. The lowest BCUT2D eigenvalue weighted by atomic mass is 10.2. The van der Waals surface area contributed by atoms with Crippen molar-refractivity contribution in [2.75, 3.05) is 23.3 Å². The van der Waals surface area contributed by atoms with Gasteiger partial charge in [0.2, 0.25) is 0 Å². The predicted molar refractivity (Wildman–Crippen MR) is 98.2 cm³/mol. The van der Waals surface area contributed by atoms with Gasteiger partial charge in [0.15, 0.2) is 0 Å². The molecule has 1 aromatic carbocycles. The van der Waals surface area contributed by atoms with E-state index in [0.717, 1.165) is 24.5 Å². The van der Waals surface area contributed by atoms with Crippen molar-refractivity contribution in [3.63, 3.8) is 0 Å². The Morgan fingerprint density at radius 1 is 1.21 bits per heavy atom. The summed E-state index contributed by atoms with van der Waals surface area (Å²) in [6, 6.07) is 11.3. The van der Waals surface area contributed by atoms with Gasteiger partial charge in [-0.1, -0.05) is 12.2 Å². The lowest BCUT2D eigenvalue weighted by molar-refractivity contribution is -0.00521. The molecule has 0 radical (unpaired) electrons. The van der Waals surface area contributed by atoms with Crippen LogP contribution in [0, 0.1) is 4.64 Å². The Balaban J connectivity index is 1.70. The average Bonchev–Trinajstić information content (AvgIpc) is 2.55. The van der Waals surface area contributed by atoms with Gasteiger partial charge in [0.25, 0.3) is 5.91 Å². The molecule has 0 bridgehead atoms. The maximum Gasteiger partial charge on any atom is 0.258 e. The number of aromatic amines is 1. The molecule has 0 unspecified atom stereocenters. The molecule has 2 heterocycles. The minimum absolute atomic E-state index is 0.210. The number of benzene rings is 1. The summed E-state index contributed by atoms with van der Waals surface area (Å²) in [5.41, 5.74) is 2.34. The SMILES string of the molecule is C[C@H]1CN(c2ccc(NC(=O)c3ccc[nH]c3=S)cc2)C[C@H](C)O1. The molecule has 1 saturated heterocycles. The number of carbonyl (C=O) groups excluding carboxylic acids is 1. The van der Waals surface area contributed by atoms with E-state index in [2.05, 4.69) is 29.0 Å². The first kappa shape index (κ1) is 16.7. The highest BCUT2D eigenvalue weighted by Crippen LogP contribution is 2.22. The van der Waals surface area contributed by atoms with E-state index in [4.69, 9.17) is 17.0 Å². The van der Waals surface area contributed by atoms with Crippen LogP contribution in [0.2, 0.25) is 0 Å². The monoisotopic (exact) mass is 343 g/mol. The Morgan fingerprint density at radius 3 is 2.50 bits per heavy atom. The zero-order valence-electron chi connectivity index (χ0n) is 13.8. The van der Waals surface area contributed by atoms with E-state index in [1.807, 2.05) is 24.3 Å². The zero-order valence-corrected chi connectivity index (χ0v) is 14.6. The van der Waals surface area contributed by atoms with Crippen LogP contribution >= 0.6 is 12.2 Å². The van der Waals surface area contributed by atoms with Gasteiger partial charge in [-0.25, -0.2) is 0 Å². The van der Waals surface area contributed by atoms with E-state index >= 15 is 0 Å². The van der Waals surface area contributed by atoms with Crippen LogP contribution in [0.25, 0.3) is 0 Å². The molecule has 2 N–H and O–H groups in total. The molecule has 6 heteroatoms. The minimum atomic E-state index is -0.210. The van der Waals surface area contributed by atoms with Gasteiger partial charge in [0, 0.05) is 30.7 Å². The number of aromatic nitrogens is 1. The lowest BCUT2D eigenvalue weighted by Gasteiger charge is -2.36. The molecule has 2 aromatic rings. The van der Waals surface area contributed by atoms with Crippen LogP contribution in [-0.2, 0) is 4.74 Å². The molecule has 1 aliphatic rings. The molecular formula is C18H21N3O2S. The number of rotatable bonds is 3. The second-order valence-electron chi connectivity index (χ2n) is 6.08. The van der Waals surface area contributed by atoms with Crippen molar-refractivity contribution in [2.45, 2.75) is 26.1 Å². The number of H-pyrrole nitrogens is 1. The summed E-state index contributed by atoms with van der Waals surface area (Å²) in [7, 11) is 0. The highest BCUT2D eigenvalue weighted by Gasteiger charge is 2.22. The Kier molecular flexibility index (Phi) is 4.97. The fourth-order valence-corrected chi connectivity index (χ4v) is 3.17. The van der Waals surface area contributed by atoms with Crippen LogP contribution in [0.3, 0.4) is 0 Å². The van der Waals surface area contributed by atoms with Crippen LogP contribution < -0.4 is 10.2 Å². The lowest BCUT2D eigenvalue weighted by Crippen LogP contribution is -2.45. The maximum absolute atomic E-state index is 12.3. The number of amides is 1. The number of nitrogens with one attached hydrogen (secondary N) is 2. The van der Waals surface area contributed by atoms with E-state index in [1.54, 1.807) is 18.3 Å². The molecule has 1 amide bonds. The zero-order chi connectivity index (χ0) is 17.1. The van der Waals surface area contributed by atoms with Gasteiger partial charge in [-0.2, -0.15) is 0 Å². The summed E-state index contributed by atoms with van der Waals surface area (Å²) in [5.74, 6) is -0.210. The van der Waals surface area contributed by atoms with Gasteiger partial charge in [0.05, 0.1) is 17.8 Å². The summed E-state index contributed by atoms with van der Waals surface area (Å²) < 4.78 is 6.20. The molecule has 1 aliphatic heterocycles. The second kappa shape index (κ2) is 7.15. The number of ether oxygens (including phenoxy) is 1. The molecule has 0 aliphatic carbocycles. The maximum atomic E-state index is 12.3. The number of pyridine rings is 1. The fraction of sp³-hybridized carbons (Fsp3) is 0.333. The largest absolute Gasteiger partial charge is 0.372 e. The third kappa shape index (κ3) is 3.83. The highest BCUT2D eigenvalue weighted by atomic mass is 32.1. The number of morpholine rings is 1. The standard InChI is InChI=1S/C18H21N3O2S/c1-12-10-21(11-13(2)23-12)15-7-5-14(6-8-15)20-17(22)16-4-3-9-19-18(16)24/h3-9,12-13H,10-11H2,1-2H3,(H,19,24)(H,20,22)/t12-,13-/m0/s1. The first-order valence-corrected chi connectivity index (χ1v) is 8.43. The van der Waals surface area contributed by atoms with Crippen LogP contribution in [0.5, 0.6) is 0 Å². The van der Waals surface area contributed by atoms with Crippen LogP contribution in [0.1, 0.15) is 24.2 Å². The van der Waals surface area contributed by atoms with Crippen LogP contribution in [0.4, 0.5) is 11.4 Å². The first-order valence-electron chi connectivity index (χ1n) is 8.02. The summed E-state index contributed by atoms with van der Waals surface area (Å²) in [5, 5.41) is 2.88. The Labute approximate surface area is 146 Å². The minimum Gasteiger partial charge on any atom is -0.372 e. The second-order valence-corrected chi connectivity index (χ2v) is 6.48. The van der Waals surface area contributed by atoms with E-state index in [1.165, 1.54) is 0 Å². The quantitative estimate of drug-likeness (QED) is 0.836. The third-order valence-electron chi connectivity index (χ3n) is 3.97. The van der Waals surface area contributed by atoms with Gasteiger partial charge in [-0.05, 0) is 50.2 Å². The Hall–Kier alpha value is -2.18. The number of hydrogen-bond acceptors (Lipinski definition) is 4. The van der Waals surface area contributed by atoms with E-state index in [0.29, 0.717) is 10.2 Å². The van der Waals surface area contributed by atoms with Crippen molar-refractivity contribution in [3.8, 4) is 0 Å². The van der Waals surface area contributed by atoms with Gasteiger partial charge in [0.1, 0.15) is 4.64 Å². The topological polar surface area (TPSA) is 57.4 Å². The summed E-state index contributed by atoms with van der Waals surface area (Å²) in [6.07, 6.45) is 2.14. The third-order valence-corrected chi connectivity index (χ3v) is 4.31. The molecule has 3 rings (SSSR count). The number of carbonyl (C=O) groups is 1. The van der Waals surface area contributed by atoms with Crippen molar-refractivity contribution in [1.82, 2.24) is 4.98 Å². The van der Waals surface area contributed by atoms with Crippen molar-refractivity contribution in [3.05, 3.63) is 52.8 Å². The molecule has 1 fully saturated rings. The predicted octanol–water partition coefficient (Wildman–Crippen LogP) is 3.61. The summed E-state index contributed by atoms with van der Waals surface area (Å²) in [6.45, 7) is 5.91. The molecule has 2 atom stereocenters. The summed E-state index contributed by atoms with van der Waals surface area (Å²) >= 11 is 5.14. The van der Waals surface area contributed by atoms with E-state index < -0.39 is 0 Å². The van der Waals surface area contributed by atoms with E-state index in [9.17, 15) is 4.79 Å². The average molecular weight is 343 g/mol. The Bertz CT molecular complexity index is 762. The normalized spacial score (nSPS) is 20.7. The van der Waals surface area contributed by atoms with Crippen molar-refractivity contribution >= 4 is 29.5 Å². The fourth-order valence-electron chi connectivity index (χ4n) is 2.94. The van der Waals surface area contributed by atoms with Crippen molar-refractivity contribution in [1.29, 1.82) is 0 Å². The summed E-state index contributed by atoms with van der Waals surface area (Å²) in [4.78, 5) is 17.4. The molecule has 0 spiro atoms. The van der Waals surface area contributed by atoms with Crippen LogP contribution in [0.15, 0.2) is 42.6 Å². The molecule has 1 aromatic heterocycles. The van der Waals surface area contributed by atoms with E-state index in [-0.39, 0.29) is 18.1 Å². The first-order chi connectivity index (χ1) is 11.5.